The van der Waals surface area contributed by atoms with Crippen molar-refractivity contribution in [3.8, 4) is 0 Å². The predicted octanol–water partition coefficient (Wildman–Crippen LogP) is 3.58. The van der Waals surface area contributed by atoms with Gasteiger partial charge in [-0.3, -0.25) is 0 Å². The Kier molecular flexibility index (Phi) is 4.19. The van der Waals surface area contributed by atoms with Crippen LogP contribution in [0, 0.1) is 5.92 Å². The predicted molar refractivity (Wildman–Crippen MR) is 67.6 cm³/mol. The third-order valence-electron chi connectivity index (χ3n) is 3.44. The van der Waals surface area contributed by atoms with Crippen molar-refractivity contribution in [3.63, 3.8) is 0 Å². The first-order valence-electron chi connectivity index (χ1n) is 6.10. The molecule has 16 heavy (non-hydrogen) atoms. The Morgan fingerprint density at radius 2 is 2.25 bits per heavy atom. The SMILES string of the molecule is CC(NCC1CCCC1)c1ccnc(Cl)c1. The highest BCUT2D eigenvalue weighted by Crippen LogP contribution is 2.24. The molecule has 0 amide bonds. The molecule has 1 saturated carbocycles. The van der Waals surface area contributed by atoms with Gasteiger partial charge < -0.3 is 5.32 Å². The van der Waals surface area contributed by atoms with Gasteiger partial charge in [-0.05, 0) is 49.9 Å². The number of pyridine rings is 1. The van der Waals surface area contributed by atoms with Gasteiger partial charge in [0.1, 0.15) is 5.15 Å². The molecule has 0 aliphatic heterocycles. The molecule has 0 bridgehead atoms. The van der Waals surface area contributed by atoms with Crippen LogP contribution in [0.25, 0.3) is 0 Å². The van der Waals surface area contributed by atoms with E-state index >= 15 is 0 Å². The molecule has 1 aliphatic rings. The van der Waals surface area contributed by atoms with Gasteiger partial charge in [0.2, 0.25) is 0 Å². The summed E-state index contributed by atoms with van der Waals surface area (Å²) < 4.78 is 0. The van der Waals surface area contributed by atoms with Crippen LogP contribution < -0.4 is 5.32 Å². The third-order valence-corrected chi connectivity index (χ3v) is 3.64. The molecule has 1 heterocycles. The zero-order valence-corrected chi connectivity index (χ0v) is 10.5. The lowest BCUT2D eigenvalue weighted by Crippen LogP contribution is -2.24. The Morgan fingerprint density at radius 1 is 1.50 bits per heavy atom. The summed E-state index contributed by atoms with van der Waals surface area (Å²) in [7, 11) is 0. The topological polar surface area (TPSA) is 24.9 Å². The van der Waals surface area contributed by atoms with Gasteiger partial charge in [-0.15, -0.1) is 0 Å². The average Bonchev–Trinajstić information content (AvgIpc) is 2.78. The smallest absolute Gasteiger partial charge is 0.129 e. The van der Waals surface area contributed by atoms with Crippen molar-refractivity contribution < 1.29 is 0 Å². The first-order valence-corrected chi connectivity index (χ1v) is 6.48. The quantitative estimate of drug-likeness (QED) is 0.812. The summed E-state index contributed by atoms with van der Waals surface area (Å²) in [6, 6.07) is 4.33. The Labute approximate surface area is 102 Å². The minimum atomic E-state index is 0.362. The molecule has 1 aromatic rings. The maximum absolute atomic E-state index is 5.88. The fraction of sp³-hybridized carbons (Fsp3) is 0.615. The molecule has 0 radical (unpaired) electrons. The maximum atomic E-state index is 5.88. The van der Waals surface area contributed by atoms with E-state index in [1.165, 1.54) is 31.2 Å². The first-order chi connectivity index (χ1) is 7.75. The molecular weight excluding hydrogens is 220 g/mol. The van der Waals surface area contributed by atoms with E-state index in [9.17, 15) is 0 Å². The monoisotopic (exact) mass is 238 g/mol. The molecule has 3 heteroatoms. The van der Waals surface area contributed by atoms with Crippen LogP contribution in [0.1, 0.15) is 44.2 Å². The zero-order valence-electron chi connectivity index (χ0n) is 9.75. The van der Waals surface area contributed by atoms with Crippen molar-refractivity contribution in [3.05, 3.63) is 29.0 Å². The van der Waals surface area contributed by atoms with Crippen molar-refractivity contribution in [1.82, 2.24) is 10.3 Å². The molecule has 0 aromatic carbocycles. The highest BCUT2D eigenvalue weighted by Gasteiger charge is 2.15. The fourth-order valence-corrected chi connectivity index (χ4v) is 2.54. The second kappa shape index (κ2) is 5.65. The van der Waals surface area contributed by atoms with E-state index in [2.05, 4.69) is 17.2 Å². The van der Waals surface area contributed by atoms with Crippen molar-refractivity contribution in [2.75, 3.05) is 6.54 Å². The minimum absolute atomic E-state index is 0.362. The van der Waals surface area contributed by atoms with E-state index in [1.807, 2.05) is 12.1 Å². The molecule has 1 aliphatic carbocycles. The lowest BCUT2D eigenvalue weighted by Gasteiger charge is -2.17. The summed E-state index contributed by atoms with van der Waals surface area (Å²) in [5, 5.41) is 4.16. The number of nitrogens with one attached hydrogen (secondary N) is 1. The molecule has 88 valence electrons. The normalized spacial score (nSPS) is 18.9. The van der Waals surface area contributed by atoms with E-state index in [0.717, 1.165) is 12.5 Å². The van der Waals surface area contributed by atoms with E-state index in [1.54, 1.807) is 6.20 Å². The van der Waals surface area contributed by atoms with E-state index in [0.29, 0.717) is 11.2 Å². The van der Waals surface area contributed by atoms with Crippen LogP contribution in [-0.2, 0) is 0 Å². The van der Waals surface area contributed by atoms with Gasteiger partial charge in [-0.1, -0.05) is 24.4 Å². The van der Waals surface area contributed by atoms with Gasteiger partial charge in [-0.2, -0.15) is 0 Å². The van der Waals surface area contributed by atoms with E-state index in [-0.39, 0.29) is 0 Å². The van der Waals surface area contributed by atoms with Crippen molar-refractivity contribution in [2.45, 2.75) is 38.6 Å². The van der Waals surface area contributed by atoms with E-state index < -0.39 is 0 Å². The zero-order chi connectivity index (χ0) is 11.4. The highest BCUT2D eigenvalue weighted by molar-refractivity contribution is 6.29. The molecule has 1 fully saturated rings. The van der Waals surface area contributed by atoms with Crippen LogP contribution in [0.3, 0.4) is 0 Å². The molecule has 2 rings (SSSR count). The lowest BCUT2D eigenvalue weighted by atomic mass is 10.1. The molecule has 1 N–H and O–H groups in total. The standard InChI is InChI=1S/C13H19ClN2/c1-10(12-6-7-15-13(14)8-12)16-9-11-4-2-3-5-11/h6-8,10-11,16H,2-5,9H2,1H3. The number of hydrogen-bond acceptors (Lipinski definition) is 2. The minimum Gasteiger partial charge on any atom is -0.310 e. The summed E-state index contributed by atoms with van der Waals surface area (Å²) in [4.78, 5) is 4.00. The molecule has 1 atom stereocenters. The number of aromatic nitrogens is 1. The van der Waals surface area contributed by atoms with Crippen molar-refractivity contribution in [1.29, 1.82) is 0 Å². The molecule has 0 saturated heterocycles. The molecule has 2 nitrogen and oxygen atoms in total. The van der Waals surface area contributed by atoms with Gasteiger partial charge in [-0.25, -0.2) is 4.98 Å². The van der Waals surface area contributed by atoms with Gasteiger partial charge in [0.25, 0.3) is 0 Å². The Balaban J connectivity index is 1.85. The van der Waals surface area contributed by atoms with E-state index in [4.69, 9.17) is 11.6 Å². The van der Waals surface area contributed by atoms with Crippen LogP contribution in [-0.4, -0.2) is 11.5 Å². The van der Waals surface area contributed by atoms with Crippen LogP contribution in [0.5, 0.6) is 0 Å². The highest BCUT2D eigenvalue weighted by atomic mass is 35.5. The van der Waals surface area contributed by atoms with Gasteiger partial charge in [0.15, 0.2) is 0 Å². The van der Waals surface area contributed by atoms with Gasteiger partial charge in [0.05, 0.1) is 0 Å². The Bertz CT molecular complexity index is 334. The van der Waals surface area contributed by atoms with Crippen LogP contribution in [0.15, 0.2) is 18.3 Å². The van der Waals surface area contributed by atoms with Crippen molar-refractivity contribution >= 4 is 11.6 Å². The number of rotatable bonds is 4. The summed E-state index contributed by atoms with van der Waals surface area (Å²) in [6.45, 7) is 3.31. The van der Waals surface area contributed by atoms with Crippen LogP contribution in [0.2, 0.25) is 5.15 Å². The summed E-state index contributed by atoms with van der Waals surface area (Å²) in [6.07, 6.45) is 7.35. The molecular formula is C13H19ClN2. The lowest BCUT2D eigenvalue weighted by molar-refractivity contribution is 0.452. The average molecular weight is 239 g/mol. The number of hydrogen-bond donors (Lipinski definition) is 1. The molecule has 1 unspecified atom stereocenters. The third kappa shape index (κ3) is 3.19. The van der Waals surface area contributed by atoms with Crippen LogP contribution in [0.4, 0.5) is 0 Å². The summed E-state index contributed by atoms with van der Waals surface area (Å²) in [5.41, 5.74) is 1.22. The second-order valence-corrected chi connectivity index (χ2v) is 5.08. The van der Waals surface area contributed by atoms with Crippen LogP contribution >= 0.6 is 11.6 Å². The summed E-state index contributed by atoms with van der Waals surface area (Å²) in [5.74, 6) is 0.875. The number of halogens is 1. The first kappa shape index (κ1) is 11.9. The van der Waals surface area contributed by atoms with Gasteiger partial charge >= 0.3 is 0 Å². The molecule has 0 spiro atoms. The second-order valence-electron chi connectivity index (χ2n) is 4.69. The maximum Gasteiger partial charge on any atom is 0.129 e. The Morgan fingerprint density at radius 3 is 2.94 bits per heavy atom. The number of nitrogens with zero attached hydrogens (tertiary/aromatic N) is 1. The molecule has 1 aromatic heterocycles. The Hall–Kier alpha value is -0.600. The van der Waals surface area contributed by atoms with Crippen molar-refractivity contribution in [2.24, 2.45) is 5.92 Å². The fourth-order valence-electron chi connectivity index (χ4n) is 2.36. The largest absolute Gasteiger partial charge is 0.310 e. The van der Waals surface area contributed by atoms with Gasteiger partial charge in [0, 0.05) is 12.2 Å². The summed E-state index contributed by atoms with van der Waals surface area (Å²) >= 11 is 5.88.